The Morgan fingerprint density at radius 2 is 2.29 bits per heavy atom. The fraction of sp³-hybridized carbons (Fsp3) is 0.778. The number of piperidine rings is 1. The van der Waals surface area contributed by atoms with E-state index < -0.39 is 17.4 Å². The lowest BCUT2D eigenvalue weighted by atomic mass is 9.81. The molecule has 1 heterocycles. The first-order valence-electron chi connectivity index (χ1n) is 4.75. The average molecular weight is 201 g/mol. The Bertz CT molecular complexity index is 233. The van der Waals surface area contributed by atoms with Crippen LogP contribution < -0.4 is 5.32 Å². The minimum Gasteiger partial charge on any atom is -0.480 e. The molecule has 0 aromatic heterocycles. The van der Waals surface area contributed by atoms with Gasteiger partial charge >= 0.3 is 11.9 Å². The highest BCUT2D eigenvalue weighted by Gasteiger charge is 2.48. The molecule has 1 rings (SSSR count). The number of hydrogen-bond donors (Lipinski definition) is 2. The van der Waals surface area contributed by atoms with Crippen LogP contribution in [0, 0.1) is 5.41 Å². The summed E-state index contributed by atoms with van der Waals surface area (Å²) in [6, 6.07) is 0. The van der Waals surface area contributed by atoms with Crippen LogP contribution in [0.15, 0.2) is 0 Å². The van der Waals surface area contributed by atoms with Gasteiger partial charge in [-0.2, -0.15) is 0 Å². The van der Waals surface area contributed by atoms with Gasteiger partial charge in [-0.05, 0) is 26.3 Å². The van der Waals surface area contributed by atoms with Crippen LogP contribution >= 0.6 is 0 Å². The molecule has 80 valence electrons. The van der Waals surface area contributed by atoms with Crippen molar-refractivity contribution in [2.24, 2.45) is 5.41 Å². The molecule has 2 N–H and O–H groups in total. The summed E-state index contributed by atoms with van der Waals surface area (Å²) in [7, 11) is 0. The van der Waals surface area contributed by atoms with E-state index in [0.29, 0.717) is 12.8 Å². The Morgan fingerprint density at radius 1 is 1.57 bits per heavy atom. The lowest BCUT2D eigenvalue weighted by molar-refractivity contribution is -0.169. The van der Waals surface area contributed by atoms with Gasteiger partial charge in [0.05, 0.1) is 6.61 Å². The zero-order valence-electron chi connectivity index (χ0n) is 8.21. The molecule has 0 saturated carbocycles. The molecule has 0 aromatic carbocycles. The summed E-state index contributed by atoms with van der Waals surface area (Å²) < 4.78 is 4.79. The molecule has 0 amide bonds. The number of hydrogen-bond acceptors (Lipinski definition) is 4. The number of esters is 1. The predicted molar refractivity (Wildman–Crippen MR) is 48.8 cm³/mol. The second-order valence-electron chi connectivity index (χ2n) is 3.39. The van der Waals surface area contributed by atoms with Crippen molar-refractivity contribution in [3.63, 3.8) is 0 Å². The van der Waals surface area contributed by atoms with E-state index in [4.69, 9.17) is 9.84 Å². The first-order valence-corrected chi connectivity index (χ1v) is 4.75. The van der Waals surface area contributed by atoms with Crippen molar-refractivity contribution in [2.45, 2.75) is 19.8 Å². The third kappa shape index (κ3) is 1.87. The fourth-order valence-electron chi connectivity index (χ4n) is 1.62. The van der Waals surface area contributed by atoms with E-state index >= 15 is 0 Å². The van der Waals surface area contributed by atoms with Crippen LogP contribution in [-0.4, -0.2) is 36.7 Å². The molecule has 1 saturated heterocycles. The summed E-state index contributed by atoms with van der Waals surface area (Å²) in [4.78, 5) is 22.6. The van der Waals surface area contributed by atoms with Gasteiger partial charge in [0.2, 0.25) is 0 Å². The van der Waals surface area contributed by atoms with Crippen molar-refractivity contribution in [1.29, 1.82) is 0 Å². The third-order valence-electron chi connectivity index (χ3n) is 2.46. The molecule has 0 aromatic rings. The molecule has 1 aliphatic rings. The summed E-state index contributed by atoms with van der Waals surface area (Å²) in [6.07, 6.45) is 1.04. The predicted octanol–water partition coefficient (Wildman–Crippen LogP) is 0.00390. The van der Waals surface area contributed by atoms with E-state index in [0.717, 1.165) is 6.54 Å². The fourth-order valence-corrected chi connectivity index (χ4v) is 1.62. The number of rotatable bonds is 3. The highest BCUT2D eigenvalue weighted by atomic mass is 16.5. The average Bonchev–Trinajstić information content (AvgIpc) is 2.19. The zero-order valence-corrected chi connectivity index (χ0v) is 8.21. The minimum absolute atomic E-state index is 0.168. The number of carboxylic acids is 1. The van der Waals surface area contributed by atoms with Gasteiger partial charge in [0.1, 0.15) is 0 Å². The lowest BCUT2D eigenvalue weighted by Crippen LogP contribution is -2.51. The normalized spacial score (nSPS) is 26.9. The molecule has 0 bridgehead atoms. The van der Waals surface area contributed by atoms with Crippen molar-refractivity contribution in [3.05, 3.63) is 0 Å². The molecule has 0 radical (unpaired) electrons. The number of ether oxygens (including phenoxy) is 1. The van der Waals surface area contributed by atoms with Gasteiger partial charge in [0.25, 0.3) is 0 Å². The first kappa shape index (κ1) is 11.0. The van der Waals surface area contributed by atoms with Gasteiger partial charge in [-0.3, -0.25) is 9.59 Å². The summed E-state index contributed by atoms with van der Waals surface area (Å²) in [5, 5.41) is 12.0. The van der Waals surface area contributed by atoms with Gasteiger partial charge in [-0.1, -0.05) is 0 Å². The molecule has 1 aliphatic heterocycles. The molecular weight excluding hydrogens is 186 g/mol. The molecule has 0 aliphatic carbocycles. The van der Waals surface area contributed by atoms with Crippen molar-refractivity contribution in [3.8, 4) is 0 Å². The van der Waals surface area contributed by atoms with Crippen LogP contribution in [0.4, 0.5) is 0 Å². The summed E-state index contributed by atoms with van der Waals surface area (Å²) in [6.45, 7) is 2.81. The van der Waals surface area contributed by atoms with Gasteiger partial charge in [0, 0.05) is 6.54 Å². The number of carbonyl (C=O) groups excluding carboxylic acids is 1. The molecule has 1 unspecified atom stereocenters. The van der Waals surface area contributed by atoms with Crippen LogP contribution in [0.25, 0.3) is 0 Å². The maximum Gasteiger partial charge on any atom is 0.324 e. The van der Waals surface area contributed by atoms with Crippen LogP contribution in [-0.2, 0) is 14.3 Å². The molecular formula is C9H15NO4. The van der Waals surface area contributed by atoms with E-state index in [1.165, 1.54) is 0 Å². The first-order chi connectivity index (χ1) is 6.63. The molecule has 5 nitrogen and oxygen atoms in total. The van der Waals surface area contributed by atoms with E-state index in [2.05, 4.69) is 5.32 Å². The highest BCUT2D eigenvalue weighted by Crippen LogP contribution is 2.28. The van der Waals surface area contributed by atoms with Crippen LogP contribution in [0.3, 0.4) is 0 Å². The van der Waals surface area contributed by atoms with Crippen molar-refractivity contribution in [2.75, 3.05) is 19.7 Å². The Labute approximate surface area is 82.4 Å². The van der Waals surface area contributed by atoms with E-state index in [1.54, 1.807) is 6.92 Å². The molecule has 1 atom stereocenters. The number of aliphatic carboxylic acids is 1. The topological polar surface area (TPSA) is 75.6 Å². The van der Waals surface area contributed by atoms with Crippen LogP contribution in [0.1, 0.15) is 19.8 Å². The largest absolute Gasteiger partial charge is 0.480 e. The van der Waals surface area contributed by atoms with Crippen molar-refractivity contribution in [1.82, 2.24) is 5.32 Å². The summed E-state index contributed by atoms with van der Waals surface area (Å²) in [5.74, 6) is -1.72. The lowest BCUT2D eigenvalue weighted by Gasteiger charge is -2.31. The van der Waals surface area contributed by atoms with Gasteiger partial charge in [-0.25, -0.2) is 0 Å². The minimum atomic E-state index is -1.37. The number of nitrogens with one attached hydrogen (secondary N) is 1. The Morgan fingerprint density at radius 3 is 2.71 bits per heavy atom. The van der Waals surface area contributed by atoms with Gasteiger partial charge in [-0.15, -0.1) is 0 Å². The highest BCUT2D eigenvalue weighted by molar-refractivity contribution is 5.99. The number of carboxylic acid groups (broad SMARTS) is 1. The van der Waals surface area contributed by atoms with Crippen LogP contribution in [0.2, 0.25) is 0 Å². The monoisotopic (exact) mass is 201 g/mol. The molecule has 1 fully saturated rings. The Kier molecular flexibility index (Phi) is 3.46. The third-order valence-corrected chi connectivity index (χ3v) is 2.46. The van der Waals surface area contributed by atoms with E-state index in [1.807, 2.05) is 0 Å². The van der Waals surface area contributed by atoms with E-state index in [9.17, 15) is 9.59 Å². The second kappa shape index (κ2) is 4.41. The standard InChI is InChI=1S/C9H15NO4/c1-2-14-8(13)9(7(11)12)4-3-5-10-6-9/h10H,2-6H2,1H3,(H,11,12). The van der Waals surface area contributed by atoms with Gasteiger partial charge < -0.3 is 15.2 Å². The zero-order chi connectivity index (χ0) is 10.6. The quantitative estimate of drug-likeness (QED) is 0.496. The van der Waals surface area contributed by atoms with Crippen LogP contribution in [0.5, 0.6) is 0 Å². The Balaban J connectivity index is 2.80. The molecule has 5 heteroatoms. The van der Waals surface area contributed by atoms with Gasteiger partial charge in [0.15, 0.2) is 5.41 Å². The smallest absolute Gasteiger partial charge is 0.324 e. The molecule has 14 heavy (non-hydrogen) atoms. The van der Waals surface area contributed by atoms with E-state index in [-0.39, 0.29) is 13.2 Å². The SMILES string of the molecule is CCOC(=O)C1(C(=O)O)CCCNC1. The number of carbonyl (C=O) groups is 2. The maximum atomic E-state index is 11.5. The molecule has 0 spiro atoms. The maximum absolute atomic E-state index is 11.5. The van der Waals surface area contributed by atoms with Crippen molar-refractivity contribution < 1.29 is 19.4 Å². The summed E-state index contributed by atoms with van der Waals surface area (Å²) in [5.41, 5.74) is -1.37. The second-order valence-corrected chi connectivity index (χ2v) is 3.39. The Hall–Kier alpha value is -1.10. The summed E-state index contributed by atoms with van der Waals surface area (Å²) >= 11 is 0. The van der Waals surface area contributed by atoms with Crippen molar-refractivity contribution >= 4 is 11.9 Å².